The molecule has 0 bridgehead atoms. The van der Waals surface area contributed by atoms with Gasteiger partial charge in [0.05, 0.1) is 18.6 Å². The van der Waals surface area contributed by atoms with E-state index in [-0.39, 0.29) is 18.8 Å². The monoisotopic (exact) mass is 354 g/mol. The summed E-state index contributed by atoms with van der Waals surface area (Å²) in [4.78, 5) is 24.6. The first-order chi connectivity index (χ1) is 12.4. The molecule has 1 heterocycles. The highest BCUT2D eigenvalue weighted by Gasteiger charge is 2.34. The zero-order chi connectivity index (χ0) is 18.7. The summed E-state index contributed by atoms with van der Waals surface area (Å²) < 4.78 is 17.1. The molecule has 0 amide bonds. The highest BCUT2D eigenvalue weighted by atomic mass is 16.6. The lowest BCUT2D eigenvalue weighted by atomic mass is 9.95. The topological polar surface area (TPSA) is 61.8 Å². The summed E-state index contributed by atoms with van der Waals surface area (Å²) >= 11 is 0. The van der Waals surface area contributed by atoms with Gasteiger partial charge in [0, 0.05) is 5.56 Å². The van der Waals surface area contributed by atoms with Gasteiger partial charge in [-0.1, -0.05) is 30.3 Å². The third-order valence-electron chi connectivity index (χ3n) is 4.23. The molecule has 1 atom stereocenters. The molecular formula is C21H22O5. The van der Waals surface area contributed by atoms with Crippen LogP contribution in [0.4, 0.5) is 0 Å². The molecule has 2 aromatic rings. The van der Waals surface area contributed by atoms with E-state index >= 15 is 0 Å². The van der Waals surface area contributed by atoms with Crippen LogP contribution in [-0.2, 0) is 9.53 Å². The summed E-state index contributed by atoms with van der Waals surface area (Å²) in [5.74, 6) is 0.646. The predicted octanol–water partition coefficient (Wildman–Crippen LogP) is 4.11. The zero-order valence-electron chi connectivity index (χ0n) is 15.2. The molecule has 1 aliphatic rings. The molecule has 5 heteroatoms. The Morgan fingerprint density at radius 2 is 1.85 bits per heavy atom. The van der Waals surface area contributed by atoms with Crippen LogP contribution in [0.25, 0.3) is 0 Å². The fraction of sp³-hybridized carbons (Fsp3) is 0.333. The van der Waals surface area contributed by atoms with Crippen LogP contribution in [0.2, 0.25) is 0 Å². The van der Waals surface area contributed by atoms with Gasteiger partial charge in [-0.2, -0.15) is 0 Å². The van der Waals surface area contributed by atoms with Crippen molar-refractivity contribution in [3.8, 4) is 11.5 Å². The number of Topliss-reactive ketones (excluding diaryl/α,β-unsaturated/α-hetero) is 1. The molecule has 0 fully saturated rings. The quantitative estimate of drug-likeness (QED) is 0.756. The van der Waals surface area contributed by atoms with E-state index in [1.807, 2.05) is 30.3 Å². The van der Waals surface area contributed by atoms with E-state index in [1.54, 1.807) is 39.0 Å². The molecule has 0 aliphatic carbocycles. The van der Waals surface area contributed by atoms with Gasteiger partial charge in [0.15, 0.2) is 11.4 Å². The minimum Gasteiger partial charge on any atom is -0.484 e. The van der Waals surface area contributed by atoms with Crippen LogP contribution in [0, 0.1) is 0 Å². The number of para-hydroxylation sites is 2. The van der Waals surface area contributed by atoms with Crippen LogP contribution in [-0.4, -0.2) is 24.0 Å². The lowest BCUT2D eigenvalue weighted by Crippen LogP contribution is -2.40. The summed E-state index contributed by atoms with van der Waals surface area (Å²) in [6.45, 7) is 5.35. The average molecular weight is 354 g/mol. The summed E-state index contributed by atoms with van der Waals surface area (Å²) in [5, 5.41) is 0. The molecule has 1 unspecified atom stereocenters. The number of carbonyl (C=O) groups is 2. The van der Waals surface area contributed by atoms with Crippen LogP contribution in [0.1, 0.15) is 49.2 Å². The Balaban J connectivity index is 1.89. The van der Waals surface area contributed by atoms with Crippen molar-refractivity contribution < 1.29 is 23.8 Å². The molecule has 0 radical (unpaired) electrons. The predicted molar refractivity (Wildman–Crippen MR) is 96.5 cm³/mol. The molecule has 1 aliphatic heterocycles. The van der Waals surface area contributed by atoms with Crippen molar-refractivity contribution in [1.82, 2.24) is 0 Å². The van der Waals surface area contributed by atoms with Gasteiger partial charge in [0.2, 0.25) is 0 Å². The maximum atomic E-state index is 12.5. The second kappa shape index (κ2) is 7.20. The summed E-state index contributed by atoms with van der Waals surface area (Å²) in [6.07, 6.45) is -0.247. The Morgan fingerprint density at radius 1 is 1.15 bits per heavy atom. The summed E-state index contributed by atoms with van der Waals surface area (Å²) in [7, 11) is 0. The largest absolute Gasteiger partial charge is 0.484 e. The van der Waals surface area contributed by atoms with Crippen LogP contribution >= 0.6 is 0 Å². The lowest BCUT2D eigenvalue weighted by Gasteiger charge is -2.29. The standard InChI is InChI=1S/C21H22O5/c1-4-24-20(23)21(2,3)26-18-12-8-6-10-15(18)19-13-16(22)14-9-5-7-11-17(14)25-19/h5-12,19H,4,13H2,1-3H3. The number of carbonyl (C=O) groups excluding carboxylic acids is 2. The number of fused-ring (bicyclic) bond motifs is 1. The smallest absolute Gasteiger partial charge is 0.349 e. The van der Waals surface area contributed by atoms with E-state index in [0.29, 0.717) is 17.1 Å². The molecule has 0 saturated carbocycles. The highest BCUT2D eigenvalue weighted by Crippen LogP contribution is 2.38. The first-order valence-electron chi connectivity index (χ1n) is 8.66. The van der Waals surface area contributed by atoms with Crippen LogP contribution < -0.4 is 9.47 Å². The van der Waals surface area contributed by atoms with Gasteiger partial charge in [0.1, 0.15) is 17.6 Å². The van der Waals surface area contributed by atoms with Gasteiger partial charge in [-0.25, -0.2) is 4.79 Å². The Kier molecular flexibility index (Phi) is 4.98. The van der Waals surface area contributed by atoms with Crippen molar-refractivity contribution in [2.24, 2.45) is 0 Å². The third-order valence-corrected chi connectivity index (χ3v) is 4.23. The second-order valence-corrected chi connectivity index (χ2v) is 6.60. The van der Waals surface area contributed by atoms with E-state index < -0.39 is 17.7 Å². The number of benzene rings is 2. The van der Waals surface area contributed by atoms with Crippen molar-refractivity contribution in [2.75, 3.05) is 6.61 Å². The van der Waals surface area contributed by atoms with Crippen molar-refractivity contribution in [1.29, 1.82) is 0 Å². The van der Waals surface area contributed by atoms with Crippen molar-refractivity contribution in [2.45, 2.75) is 38.9 Å². The van der Waals surface area contributed by atoms with E-state index in [9.17, 15) is 9.59 Å². The van der Waals surface area contributed by atoms with Gasteiger partial charge in [-0.3, -0.25) is 4.79 Å². The Hall–Kier alpha value is -2.82. The molecule has 26 heavy (non-hydrogen) atoms. The molecule has 136 valence electrons. The molecule has 0 saturated heterocycles. The Labute approximate surface area is 152 Å². The minimum atomic E-state index is -1.15. The van der Waals surface area contributed by atoms with Crippen molar-refractivity contribution in [3.05, 3.63) is 59.7 Å². The van der Waals surface area contributed by atoms with Gasteiger partial charge in [-0.05, 0) is 39.0 Å². The number of ether oxygens (including phenoxy) is 3. The van der Waals surface area contributed by atoms with E-state index in [2.05, 4.69) is 0 Å². The lowest BCUT2D eigenvalue weighted by molar-refractivity contribution is -0.158. The van der Waals surface area contributed by atoms with Crippen LogP contribution in [0.5, 0.6) is 11.5 Å². The van der Waals surface area contributed by atoms with Crippen LogP contribution in [0.3, 0.4) is 0 Å². The summed E-state index contributed by atoms with van der Waals surface area (Å²) in [5.41, 5.74) is 0.171. The number of hydrogen-bond acceptors (Lipinski definition) is 5. The SMILES string of the molecule is CCOC(=O)C(C)(C)Oc1ccccc1C1CC(=O)c2ccccc2O1. The third kappa shape index (κ3) is 3.57. The fourth-order valence-electron chi connectivity index (χ4n) is 2.91. The molecule has 3 rings (SSSR count). The van der Waals surface area contributed by atoms with Crippen LogP contribution in [0.15, 0.2) is 48.5 Å². The second-order valence-electron chi connectivity index (χ2n) is 6.60. The van der Waals surface area contributed by atoms with Gasteiger partial charge in [0.25, 0.3) is 0 Å². The molecule has 2 aromatic carbocycles. The minimum absolute atomic E-state index is 0.0244. The maximum Gasteiger partial charge on any atom is 0.349 e. The fourth-order valence-corrected chi connectivity index (χ4v) is 2.91. The number of ketones is 1. The normalized spacial score (nSPS) is 16.4. The van der Waals surface area contributed by atoms with E-state index in [4.69, 9.17) is 14.2 Å². The maximum absolute atomic E-state index is 12.5. The average Bonchev–Trinajstić information content (AvgIpc) is 2.62. The Bertz CT molecular complexity index is 825. The molecule has 0 spiro atoms. The van der Waals surface area contributed by atoms with E-state index in [1.165, 1.54) is 0 Å². The highest BCUT2D eigenvalue weighted by molar-refractivity contribution is 6.00. The molecular weight excluding hydrogens is 332 g/mol. The van der Waals surface area contributed by atoms with Gasteiger partial charge in [-0.15, -0.1) is 0 Å². The molecule has 0 aromatic heterocycles. The molecule has 0 N–H and O–H groups in total. The Morgan fingerprint density at radius 3 is 2.62 bits per heavy atom. The number of esters is 1. The van der Waals surface area contributed by atoms with Gasteiger partial charge < -0.3 is 14.2 Å². The first kappa shape index (κ1) is 18.0. The summed E-state index contributed by atoms with van der Waals surface area (Å²) in [6, 6.07) is 14.5. The first-order valence-corrected chi connectivity index (χ1v) is 8.66. The number of rotatable bonds is 5. The molecule has 5 nitrogen and oxygen atoms in total. The number of hydrogen-bond donors (Lipinski definition) is 0. The van der Waals surface area contributed by atoms with Gasteiger partial charge >= 0.3 is 5.97 Å². The van der Waals surface area contributed by atoms with Crippen molar-refractivity contribution >= 4 is 11.8 Å². The van der Waals surface area contributed by atoms with E-state index in [0.717, 1.165) is 5.56 Å². The zero-order valence-corrected chi connectivity index (χ0v) is 15.2. The van der Waals surface area contributed by atoms with Crippen molar-refractivity contribution in [3.63, 3.8) is 0 Å².